The number of rotatable bonds is 0. The highest BCUT2D eigenvalue weighted by Gasteiger charge is 2.14. The number of furan rings is 2. The number of hydrogen-bond acceptors (Lipinski definition) is 2. The quantitative estimate of drug-likeness (QED) is 0.415. The minimum absolute atomic E-state index is 0.955. The van der Waals surface area contributed by atoms with E-state index < -0.39 is 0 Å². The molecule has 2 heterocycles. The Balaban J connectivity index is 2.35. The summed E-state index contributed by atoms with van der Waals surface area (Å²) in [6.45, 7) is 8.20. The van der Waals surface area contributed by atoms with Crippen LogP contribution in [0.5, 0.6) is 0 Å². The van der Waals surface area contributed by atoms with Crippen LogP contribution in [0.1, 0.15) is 22.6 Å². The van der Waals surface area contributed by atoms with Crippen molar-refractivity contribution in [3.63, 3.8) is 0 Å². The molecule has 20 heavy (non-hydrogen) atoms. The first-order chi connectivity index (χ1) is 9.54. The predicted molar refractivity (Wildman–Crippen MR) is 82.4 cm³/mol. The van der Waals surface area contributed by atoms with Crippen LogP contribution in [-0.2, 0) is 0 Å². The summed E-state index contributed by atoms with van der Waals surface area (Å²) in [5.74, 6) is 1.91. The van der Waals surface area contributed by atoms with Crippen LogP contribution >= 0.6 is 0 Å². The number of hydrogen-bond donors (Lipinski definition) is 0. The SMILES string of the molecule is Cc1cc2c(o1)c(C)cc1c3cc(C)oc3c(C)cc21. The molecule has 0 aliphatic rings. The molecule has 0 amide bonds. The molecule has 4 rings (SSSR count). The third kappa shape index (κ3) is 1.39. The van der Waals surface area contributed by atoms with Gasteiger partial charge >= 0.3 is 0 Å². The smallest absolute Gasteiger partial charge is 0.137 e. The molecule has 0 saturated heterocycles. The highest BCUT2D eigenvalue weighted by Crippen LogP contribution is 2.37. The fraction of sp³-hybridized carbons (Fsp3) is 0.222. The van der Waals surface area contributed by atoms with Gasteiger partial charge in [0.15, 0.2) is 0 Å². The predicted octanol–water partition coefficient (Wildman–Crippen LogP) is 5.57. The zero-order valence-electron chi connectivity index (χ0n) is 12.1. The van der Waals surface area contributed by atoms with Crippen LogP contribution in [0.25, 0.3) is 32.7 Å². The fourth-order valence-electron chi connectivity index (χ4n) is 3.18. The van der Waals surface area contributed by atoms with E-state index in [9.17, 15) is 0 Å². The first kappa shape index (κ1) is 11.6. The van der Waals surface area contributed by atoms with Gasteiger partial charge in [-0.15, -0.1) is 0 Å². The van der Waals surface area contributed by atoms with E-state index in [0.29, 0.717) is 0 Å². The van der Waals surface area contributed by atoms with Gasteiger partial charge in [0.25, 0.3) is 0 Å². The molecule has 4 aromatic rings. The fourth-order valence-corrected chi connectivity index (χ4v) is 3.18. The summed E-state index contributed by atoms with van der Waals surface area (Å²) in [7, 11) is 0. The van der Waals surface area contributed by atoms with Crippen molar-refractivity contribution in [2.75, 3.05) is 0 Å². The lowest BCUT2D eigenvalue weighted by Gasteiger charge is -2.05. The molecule has 0 saturated carbocycles. The highest BCUT2D eigenvalue weighted by atomic mass is 16.3. The van der Waals surface area contributed by atoms with Gasteiger partial charge in [0.1, 0.15) is 22.7 Å². The van der Waals surface area contributed by atoms with Gasteiger partial charge < -0.3 is 8.83 Å². The van der Waals surface area contributed by atoms with Crippen LogP contribution in [0, 0.1) is 27.7 Å². The van der Waals surface area contributed by atoms with Crippen LogP contribution in [0.4, 0.5) is 0 Å². The second kappa shape index (κ2) is 3.66. The molecule has 2 aromatic carbocycles. The van der Waals surface area contributed by atoms with Crippen molar-refractivity contribution in [3.8, 4) is 0 Å². The van der Waals surface area contributed by atoms with Crippen molar-refractivity contribution in [1.29, 1.82) is 0 Å². The van der Waals surface area contributed by atoms with Crippen molar-refractivity contribution >= 4 is 32.7 Å². The van der Waals surface area contributed by atoms with E-state index in [-0.39, 0.29) is 0 Å². The minimum Gasteiger partial charge on any atom is -0.461 e. The van der Waals surface area contributed by atoms with Crippen LogP contribution in [0.3, 0.4) is 0 Å². The summed E-state index contributed by atoms with van der Waals surface area (Å²) in [6.07, 6.45) is 0. The van der Waals surface area contributed by atoms with Crippen LogP contribution in [0.15, 0.2) is 33.1 Å². The third-order valence-corrected chi connectivity index (χ3v) is 4.02. The van der Waals surface area contributed by atoms with Crippen LogP contribution in [0.2, 0.25) is 0 Å². The van der Waals surface area contributed by atoms with E-state index in [1.165, 1.54) is 32.7 Å². The first-order valence-corrected chi connectivity index (χ1v) is 6.88. The van der Waals surface area contributed by atoms with Crippen LogP contribution in [-0.4, -0.2) is 0 Å². The average Bonchev–Trinajstić information content (AvgIpc) is 2.95. The second-order valence-corrected chi connectivity index (χ2v) is 5.68. The lowest BCUT2D eigenvalue weighted by molar-refractivity contribution is 0.576. The molecule has 0 N–H and O–H groups in total. The van der Waals surface area contributed by atoms with Crippen molar-refractivity contribution in [2.24, 2.45) is 0 Å². The zero-order valence-corrected chi connectivity index (χ0v) is 12.1. The maximum absolute atomic E-state index is 5.84. The van der Waals surface area contributed by atoms with Crippen molar-refractivity contribution in [2.45, 2.75) is 27.7 Å². The van der Waals surface area contributed by atoms with Gasteiger partial charge in [-0.3, -0.25) is 0 Å². The van der Waals surface area contributed by atoms with Gasteiger partial charge in [-0.2, -0.15) is 0 Å². The number of benzene rings is 2. The summed E-state index contributed by atoms with van der Waals surface area (Å²) in [6, 6.07) is 8.67. The lowest BCUT2D eigenvalue weighted by Crippen LogP contribution is -1.82. The molecule has 2 nitrogen and oxygen atoms in total. The van der Waals surface area contributed by atoms with Crippen molar-refractivity contribution < 1.29 is 8.83 Å². The molecule has 0 unspecified atom stereocenters. The standard InChI is InChI=1S/C18H16O2/c1-9-5-13-14(15-7-11(3)19-17(9)15)6-10(2)18-16(13)8-12(4)20-18/h5-8H,1-4H3. The van der Waals surface area contributed by atoms with Crippen molar-refractivity contribution in [3.05, 3.63) is 46.9 Å². The van der Waals surface area contributed by atoms with Gasteiger partial charge in [0.05, 0.1) is 0 Å². The Hall–Kier alpha value is -2.22. The molecule has 0 radical (unpaired) electrons. The Labute approximate surface area is 117 Å². The minimum atomic E-state index is 0.955. The summed E-state index contributed by atoms with van der Waals surface area (Å²) in [5.41, 5.74) is 4.33. The van der Waals surface area contributed by atoms with E-state index in [1.807, 2.05) is 13.8 Å². The number of fused-ring (bicyclic) bond motifs is 5. The first-order valence-electron chi connectivity index (χ1n) is 6.88. The van der Waals surface area contributed by atoms with E-state index in [2.05, 4.69) is 38.1 Å². The maximum Gasteiger partial charge on any atom is 0.137 e. The van der Waals surface area contributed by atoms with Gasteiger partial charge in [0.2, 0.25) is 0 Å². The largest absolute Gasteiger partial charge is 0.461 e. The molecule has 0 aliphatic heterocycles. The molecule has 0 bridgehead atoms. The molecule has 2 aromatic heterocycles. The Morgan fingerprint density at radius 2 is 0.950 bits per heavy atom. The summed E-state index contributed by atoms with van der Waals surface area (Å²) in [5, 5.41) is 4.88. The van der Waals surface area contributed by atoms with Crippen LogP contribution < -0.4 is 0 Å². The second-order valence-electron chi connectivity index (χ2n) is 5.68. The zero-order chi connectivity index (χ0) is 14.0. The average molecular weight is 264 g/mol. The Bertz CT molecular complexity index is 902. The van der Waals surface area contributed by atoms with E-state index in [1.54, 1.807) is 0 Å². The number of aryl methyl sites for hydroxylation is 4. The van der Waals surface area contributed by atoms with Gasteiger partial charge in [-0.1, -0.05) is 0 Å². The maximum atomic E-state index is 5.84. The van der Waals surface area contributed by atoms with Gasteiger partial charge in [-0.25, -0.2) is 0 Å². The normalized spacial score (nSPS) is 12.0. The monoisotopic (exact) mass is 264 g/mol. The van der Waals surface area contributed by atoms with E-state index >= 15 is 0 Å². The van der Waals surface area contributed by atoms with E-state index in [0.717, 1.165) is 22.7 Å². The molecule has 0 atom stereocenters. The molecule has 0 spiro atoms. The Morgan fingerprint density at radius 3 is 1.35 bits per heavy atom. The Kier molecular flexibility index (Phi) is 2.12. The molecule has 2 heteroatoms. The molecule has 0 fully saturated rings. The van der Waals surface area contributed by atoms with Crippen molar-refractivity contribution in [1.82, 2.24) is 0 Å². The molecule has 0 aliphatic carbocycles. The van der Waals surface area contributed by atoms with Gasteiger partial charge in [-0.05, 0) is 73.9 Å². The third-order valence-electron chi connectivity index (χ3n) is 4.02. The molecular formula is C18H16O2. The molecular weight excluding hydrogens is 248 g/mol. The summed E-state index contributed by atoms with van der Waals surface area (Å²) >= 11 is 0. The highest BCUT2D eigenvalue weighted by molar-refractivity contribution is 6.17. The summed E-state index contributed by atoms with van der Waals surface area (Å²) in [4.78, 5) is 0. The lowest BCUT2D eigenvalue weighted by atomic mass is 9.98. The Morgan fingerprint density at radius 1 is 0.550 bits per heavy atom. The topological polar surface area (TPSA) is 26.3 Å². The van der Waals surface area contributed by atoms with E-state index in [4.69, 9.17) is 8.83 Å². The molecule has 100 valence electrons. The van der Waals surface area contributed by atoms with Gasteiger partial charge in [0, 0.05) is 10.8 Å². The summed E-state index contributed by atoms with van der Waals surface area (Å²) < 4.78 is 11.7.